The van der Waals surface area contributed by atoms with Gasteiger partial charge in [0.2, 0.25) is 0 Å². The van der Waals surface area contributed by atoms with Crippen LogP contribution in [0.4, 0.5) is 0 Å². The van der Waals surface area contributed by atoms with Crippen LogP contribution >= 0.6 is 0 Å². The lowest BCUT2D eigenvalue weighted by molar-refractivity contribution is -0.164. The molecule has 2 fully saturated rings. The Bertz CT molecular complexity index is 219. The average molecular weight is 242 g/mol. The van der Waals surface area contributed by atoms with Gasteiger partial charge in [0.05, 0.1) is 6.61 Å². The predicted octanol–water partition coefficient (Wildman–Crippen LogP) is 1.20. The van der Waals surface area contributed by atoms with Crippen LogP contribution in [-0.4, -0.2) is 50.1 Å². The molecule has 0 aromatic rings. The third-order valence-electron chi connectivity index (χ3n) is 3.94. The van der Waals surface area contributed by atoms with Crippen molar-refractivity contribution in [2.45, 2.75) is 44.9 Å². The quantitative estimate of drug-likeness (QED) is 0.787. The molecular weight excluding hydrogens is 216 g/mol. The summed E-state index contributed by atoms with van der Waals surface area (Å²) in [6, 6.07) is 0.652. The van der Waals surface area contributed by atoms with Crippen molar-refractivity contribution >= 4 is 0 Å². The molecule has 2 aliphatic rings. The number of hydrogen-bond acceptors (Lipinski definition) is 4. The van der Waals surface area contributed by atoms with Gasteiger partial charge >= 0.3 is 0 Å². The minimum atomic E-state index is 0.0481. The maximum Gasteiger partial charge on any atom is 0.157 e. The zero-order valence-corrected chi connectivity index (χ0v) is 10.9. The Morgan fingerprint density at radius 1 is 1.41 bits per heavy atom. The van der Waals surface area contributed by atoms with E-state index in [1.165, 1.54) is 19.3 Å². The van der Waals surface area contributed by atoms with Crippen molar-refractivity contribution in [2.75, 3.05) is 32.8 Å². The van der Waals surface area contributed by atoms with Crippen LogP contribution in [-0.2, 0) is 9.47 Å². The Labute approximate surface area is 104 Å². The summed E-state index contributed by atoms with van der Waals surface area (Å²) < 4.78 is 11.3. The third kappa shape index (κ3) is 3.91. The van der Waals surface area contributed by atoms with Gasteiger partial charge in [-0.1, -0.05) is 0 Å². The highest BCUT2D eigenvalue weighted by Crippen LogP contribution is 2.21. The zero-order valence-electron chi connectivity index (χ0n) is 10.9. The number of hydrogen-bond donors (Lipinski definition) is 1. The maximum atomic E-state index is 5.77. The highest BCUT2D eigenvalue weighted by Gasteiger charge is 2.27. The minimum Gasteiger partial charge on any atom is -0.353 e. The summed E-state index contributed by atoms with van der Waals surface area (Å²) in [5, 5.41) is 0. The van der Waals surface area contributed by atoms with Gasteiger partial charge < -0.3 is 15.2 Å². The first kappa shape index (κ1) is 13.3. The van der Waals surface area contributed by atoms with Crippen molar-refractivity contribution in [1.82, 2.24) is 4.90 Å². The molecule has 0 aromatic heterocycles. The van der Waals surface area contributed by atoms with Gasteiger partial charge in [-0.15, -0.1) is 0 Å². The van der Waals surface area contributed by atoms with Crippen LogP contribution in [0.5, 0.6) is 0 Å². The number of rotatable bonds is 5. The largest absolute Gasteiger partial charge is 0.353 e. The van der Waals surface area contributed by atoms with Gasteiger partial charge in [-0.25, -0.2) is 0 Å². The molecule has 0 aliphatic carbocycles. The molecule has 2 saturated heterocycles. The molecule has 2 N–H and O–H groups in total. The topological polar surface area (TPSA) is 47.7 Å². The first-order valence-electron chi connectivity index (χ1n) is 6.97. The summed E-state index contributed by atoms with van der Waals surface area (Å²) in [5.74, 6) is 0.677. The molecule has 0 aromatic carbocycles. The lowest BCUT2D eigenvalue weighted by Gasteiger charge is -2.25. The van der Waals surface area contributed by atoms with Crippen molar-refractivity contribution in [3.63, 3.8) is 0 Å². The summed E-state index contributed by atoms with van der Waals surface area (Å²) in [5.41, 5.74) is 5.73. The Balaban J connectivity index is 1.61. The number of likely N-dealkylation sites (tertiary alicyclic amines) is 1. The van der Waals surface area contributed by atoms with E-state index in [-0.39, 0.29) is 6.29 Å². The predicted molar refractivity (Wildman–Crippen MR) is 67.7 cm³/mol. The fourth-order valence-electron chi connectivity index (χ4n) is 2.84. The Morgan fingerprint density at radius 2 is 2.29 bits per heavy atom. The van der Waals surface area contributed by atoms with E-state index in [1.54, 1.807) is 0 Å². The standard InChI is InChI=1S/C13H26N2O2/c1-11-8-12(9-14)10-15(11)5-7-17-13-4-2-3-6-16-13/h11-13H,2-10,14H2,1H3. The summed E-state index contributed by atoms with van der Waals surface area (Å²) in [7, 11) is 0. The minimum absolute atomic E-state index is 0.0481. The van der Waals surface area contributed by atoms with Crippen LogP contribution in [0.15, 0.2) is 0 Å². The van der Waals surface area contributed by atoms with Gasteiger partial charge in [-0.3, -0.25) is 4.90 Å². The van der Waals surface area contributed by atoms with Gasteiger partial charge in [0.15, 0.2) is 6.29 Å². The Hall–Kier alpha value is -0.160. The normalized spacial score (nSPS) is 35.3. The van der Waals surface area contributed by atoms with Gasteiger partial charge in [0.1, 0.15) is 0 Å². The Kier molecular flexibility index (Phi) is 5.22. The van der Waals surface area contributed by atoms with Crippen molar-refractivity contribution in [3.8, 4) is 0 Å². The van der Waals surface area contributed by atoms with Crippen molar-refractivity contribution < 1.29 is 9.47 Å². The van der Waals surface area contributed by atoms with E-state index < -0.39 is 0 Å². The van der Waals surface area contributed by atoms with Crippen LogP contribution in [0, 0.1) is 5.92 Å². The molecule has 0 spiro atoms. The number of ether oxygens (including phenoxy) is 2. The molecule has 0 bridgehead atoms. The van der Waals surface area contributed by atoms with Crippen LogP contribution < -0.4 is 5.73 Å². The molecule has 4 nitrogen and oxygen atoms in total. The highest BCUT2D eigenvalue weighted by molar-refractivity contribution is 4.82. The van der Waals surface area contributed by atoms with Crippen LogP contribution in [0.2, 0.25) is 0 Å². The van der Waals surface area contributed by atoms with Crippen molar-refractivity contribution in [1.29, 1.82) is 0 Å². The molecule has 0 saturated carbocycles. The van der Waals surface area contributed by atoms with E-state index in [4.69, 9.17) is 15.2 Å². The molecule has 17 heavy (non-hydrogen) atoms. The van der Waals surface area contributed by atoms with Crippen LogP contribution in [0.25, 0.3) is 0 Å². The molecule has 2 rings (SSSR count). The van der Waals surface area contributed by atoms with Crippen molar-refractivity contribution in [2.24, 2.45) is 11.7 Å². The molecule has 0 radical (unpaired) electrons. The van der Waals surface area contributed by atoms with Gasteiger partial charge in [-0.2, -0.15) is 0 Å². The second-order valence-electron chi connectivity index (χ2n) is 5.35. The fraction of sp³-hybridized carbons (Fsp3) is 1.00. The molecule has 3 unspecified atom stereocenters. The summed E-state index contributed by atoms with van der Waals surface area (Å²) >= 11 is 0. The molecule has 100 valence electrons. The second-order valence-corrected chi connectivity index (χ2v) is 5.35. The molecule has 4 heteroatoms. The van der Waals surface area contributed by atoms with E-state index in [9.17, 15) is 0 Å². The molecular formula is C13H26N2O2. The molecule has 2 aliphatic heterocycles. The Morgan fingerprint density at radius 3 is 2.94 bits per heavy atom. The molecule has 3 atom stereocenters. The molecule has 0 amide bonds. The van der Waals surface area contributed by atoms with Gasteiger partial charge in [0, 0.05) is 25.7 Å². The third-order valence-corrected chi connectivity index (χ3v) is 3.94. The molecule has 2 heterocycles. The van der Waals surface area contributed by atoms with Crippen LogP contribution in [0.3, 0.4) is 0 Å². The van der Waals surface area contributed by atoms with E-state index in [0.717, 1.165) is 39.3 Å². The number of nitrogens with zero attached hydrogens (tertiary/aromatic N) is 1. The first-order chi connectivity index (χ1) is 8.29. The lowest BCUT2D eigenvalue weighted by atomic mass is 10.1. The summed E-state index contributed by atoms with van der Waals surface area (Å²) in [6.07, 6.45) is 4.76. The van der Waals surface area contributed by atoms with Gasteiger partial charge in [0.25, 0.3) is 0 Å². The highest BCUT2D eigenvalue weighted by atomic mass is 16.7. The maximum absolute atomic E-state index is 5.77. The first-order valence-corrected chi connectivity index (χ1v) is 6.97. The number of nitrogens with two attached hydrogens (primary N) is 1. The van der Waals surface area contributed by atoms with Crippen LogP contribution in [0.1, 0.15) is 32.6 Å². The average Bonchev–Trinajstić information content (AvgIpc) is 2.72. The smallest absolute Gasteiger partial charge is 0.157 e. The van der Waals surface area contributed by atoms with E-state index >= 15 is 0 Å². The fourth-order valence-corrected chi connectivity index (χ4v) is 2.84. The van der Waals surface area contributed by atoms with Gasteiger partial charge in [-0.05, 0) is 45.1 Å². The van der Waals surface area contributed by atoms with E-state index in [2.05, 4.69) is 11.8 Å². The summed E-state index contributed by atoms with van der Waals surface area (Å²) in [6.45, 7) is 6.89. The van der Waals surface area contributed by atoms with E-state index in [0.29, 0.717) is 12.0 Å². The SMILES string of the molecule is CC1CC(CN)CN1CCOC1CCCCO1. The monoisotopic (exact) mass is 242 g/mol. The zero-order chi connectivity index (χ0) is 12.1. The summed E-state index contributed by atoms with van der Waals surface area (Å²) in [4.78, 5) is 2.49. The van der Waals surface area contributed by atoms with E-state index in [1.807, 2.05) is 0 Å². The second kappa shape index (κ2) is 6.69. The lowest BCUT2D eigenvalue weighted by Crippen LogP contribution is -2.33. The van der Waals surface area contributed by atoms with Crippen molar-refractivity contribution in [3.05, 3.63) is 0 Å².